The molecular formula is C21H20F5N3O4. The number of nitrogens with zero attached hydrogens (tertiary/aromatic N) is 1. The zero-order chi connectivity index (χ0) is 25.6. The SMILES string of the molecule is [2H]c1cnc(C(N)=O)cc1NC(=O)[C@@H]1O[C@@](C)(C(F)(F)F)[C@@H](C)[C@@H]1c1ccc(F)c(F)c1OC. The van der Waals surface area contributed by atoms with Crippen LogP contribution in [0.1, 0.15) is 37.2 Å². The maximum Gasteiger partial charge on any atom is 0.417 e. The minimum Gasteiger partial charge on any atom is -0.493 e. The van der Waals surface area contributed by atoms with E-state index in [4.69, 9.17) is 16.6 Å². The predicted octanol–water partition coefficient (Wildman–Crippen LogP) is 3.55. The second-order valence-corrected chi connectivity index (χ2v) is 7.64. The molecule has 2 aromatic rings. The van der Waals surface area contributed by atoms with E-state index < -0.39 is 58.9 Å². The summed E-state index contributed by atoms with van der Waals surface area (Å²) in [7, 11) is 1.01. The van der Waals surface area contributed by atoms with Gasteiger partial charge in [-0.1, -0.05) is 13.0 Å². The summed E-state index contributed by atoms with van der Waals surface area (Å²) in [6.45, 7) is 1.91. The molecule has 0 radical (unpaired) electrons. The topological polar surface area (TPSA) is 104 Å². The molecule has 2 amide bonds. The van der Waals surface area contributed by atoms with Crippen LogP contribution < -0.4 is 15.8 Å². The molecule has 3 N–H and O–H groups in total. The average Bonchev–Trinajstić information content (AvgIpc) is 3.03. The molecule has 0 aliphatic carbocycles. The van der Waals surface area contributed by atoms with Gasteiger partial charge in [-0.05, 0) is 25.1 Å². The lowest BCUT2D eigenvalue weighted by Gasteiger charge is -2.32. The first-order valence-electron chi connectivity index (χ1n) is 10.1. The van der Waals surface area contributed by atoms with E-state index in [0.29, 0.717) is 6.07 Å². The third-order valence-corrected chi connectivity index (χ3v) is 5.79. The molecule has 3 rings (SSSR count). The fourth-order valence-corrected chi connectivity index (χ4v) is 3.84. The number of amides is 2. The maximum absolute atomic E-state index is 14.4. The van der Waals surface area contributed by atoms with Gasteiger partial charge >= 0.3 is 6.18 Å². The van der Waals surface area contributed by atoms with Gasteiger partial charge in [-0.25, -0.2) is 4.39 Å². The Morgan fingerprint density at radius 3 is 2.58 bits per heavy atom. The van der Waals surface area contributed by atoms with E-state index in [9.17, 15) is 31.5 Å². The Morgan fingerprint density at radius 2 is 2.00 bits per heavy atom. The first-order chi connectivity index (χ1) is 15.7. The molecule has 4 atom stereocenters. The summed E-state index contributed by atoms with van der Waals surface area (Å²) in [4.78, 5) is 28.1. The van der Waals surface area contributed by atoms with E-state index >= 15 is 0 Å². The van der Waals surface area contributed by atoms with Crippen molar-refractivity contribution in [3.05, 3.63) is 53.3 Å². The Labute approximate surface area is 186 Å². The number of hydrogen-bond donors (Lipinski definition) is 2. The molecule has 1 aromatic carbocycles. The Bertz CT molecular complexity index is 1150. The van der Waals surface area contributed by atoms with Gasteiger partial charge in [0.1, 0.15) is 11.8 Å². The fourth-order valence-electron chi connectivity index (χ4n) is 3.84. The number of ether oxygens (including phenoxy) is 2. The van der Waals surface area contributed by atoms with Crippen LogP contribution in [0.25, 0.3) is 0 Å². The average molecular weight is 474 g/mol. The van der Waals surface area contributed by atoms with Gasteiger partial charge < -0.3 is 20.5 Å². The minimum absolute atomic E-state index is 0.208. The zero-order valence-electron chi connectivity index (χ0n) is 18.6. The number of aromatic nitrogens is 1. The molecule has 1 aromatic heterocycles. The van der Waals surface area contributed by atoms with Crippen LogP contribution in [0.4, 0.5) is 27.6 Å². The van der Waals surface area contributed by atoms with Crippen LogP contribution >= 0.6 is 0 Å². The van der Waals surface area contributed by atoms with E-state index in [1.165, 1.54) is 6.92 Å². The smallest absolute Gasteiger partial charge is 0.417 e. The molecule has 0 unspecified atom stereocenters. The third-order valence-electron chi connectivity index (χ3n) is 5.79. The minimum atomic E-state index is -4.93. The zero-order valence-corrected chi connectivity index (χ0v) is 17.6. The van der Waals surface area contributed by atoms with E-state index in [1.807, 2.05) is 0 Å². The van der Waals surface area contributed by atoms with Crippen LogP contribution in [-0.4, -0.2) is 41.8 Å². The van der Waals surface area contributed by atoms with Crippen molar-refractivity contribution in [1.82, 2.24) is 4.98 Å². The van der Waals surface area contributed by atoms with Crippen molar-refractivity contribution in [3.8, 4) is 5.75 Å². The van der Waals surface area contributed by atoms with Crippen molar-refractivity contribution in [1.29, 1.82) is 0 Å². The number of primary amides is 1. The molecule has 2 heterocycles. The summed E-state index contributed by atoms with van der Waals surface area (Å²) in [5.41, 5.74) is 1.53. The highest BCUT2D eigenvalue weighted by Gasteiger charge is 2.65. The van der Waals surface area contributed by atoms with Crippen molar-refractivity contribution in [3.63, 3.8) is 0 Å². The van der Waals surface area contributed by atoms with Crippen molar-refractivity contribution < 1.29 is 42.4 Å². The molecule has 12 heteroatoms. The second-order valence-electron chi connectivity index (χ2n) is 7.64. The van der Waals surface area contributed by atoms with Crippen LogP contribution in [0.5, 0.6) is 5.75 Å². The number of hydrogen-bond acceptors (Lipinski definition) is 5. The molecule has 7 nitrogen and oxygen atoms in total. The third kappa shape index (κ3) is 4.22. The number of benzene rings is 1. The van der Waals surface area contributed by atoms with Crippen LogP contribution in [0.2, 0.25) is 0 Å². The normalized spacial score (nSPS) is 25.5. The number of nitrogens with one attached hydrogen (secondary N) is 1. The van der Waals surface area contributed by atoms with Gasteiger partial charge in [0.15, 0.2) is 17.2 Å². The van der Waals surface area contributed by atoms with E-state index in [1.54, 1.807) is 0 Å². The van der Waals surface area contributed by atoms with Crippen LogP contribution in [0, 0.1) is 17.6 Å². The van der Waals surface area contributed by atoms with Gasteiger partial charge in [0.25, 0.3) is 11.8 Å². The standard InChI is InChI=1S/C21H20F5N3O4/c1-9-14(11-4-5-12(22)15(23)16(11)32-3)17(33-20(9,2)21(24,25)26)19(31)29-10-6-7-28-13(8-10)18(27)30/h4-9,14,17H,1-3H3,(H2,27,30)(H,28,29,31)/t9-,14+,17+,20+/m0/s1/i6D. The Kier molecular flexibility index (Phi) is 5.95. The number of rotatable bonds is 5. The number of methoxy groups -OCH3 is 1. The first kappa shape index (κ1) is 22.9. The van der Waals surface area contributed by atoms with Gasteiger partial charge in [0.05, 0.1) is 8.48 Å². The second kappa shape index (κ2) is 8.58. The van der Waals surface area contributed by atoms with E-state index in [0.717, 1.165) is 32.4 Å². The van der Waals surface area contributed by atoms with Crippen molar-refractivity contribution in [2.45, 2.75) is 37.6 Å². The van der Waals surface area contributed by atoms with Gasteiger partial charge in [0.2, 0.25) is 5.82 Å². The fraction of sp³-hybridized carbons (Fsp3) is 0.381. The summed E-state index contributed by atoms with van der Waals surface area (Å²) in [6.07, 6.45) is -5.87. The Balaban J connectivity index is 2.10. The molecule has 0 spiro atoms. The predicted molar refractivity (Wildman–Crippen MR) is 106 cm³/mol. The number of carbonyl (C=O) groups is 2. The van der Waals surface area contributed by atoms with Crippen LogP contribution in [0.15, 0.2) is 30.4 Å². The molecule has 1 fully saturated rings. The number of carbonyl (C=O) groups excluding carboxylic acids is 2. The summed E-state index contributed by atoms with van der Waals surface area (Å²) >= 11 is 0. The van der Waals surface area contributed by atoms with Gasteiger partial charge in [-0.15, -0.1) is 0 Å². The molecule has 0 bridgehead atoms. The first-order valence-corrected chi connectivity index (χ1v) is 9.56. The summed E-state index contributed by atoms with van der Waals surface area (Å²) in [6, 6.07) is 2.36. The highest BCUT2D eigenvalue weighted by molar-refractivity contribution is 5.97. The number of alkyl halides is 3. The number of nitrogens with two attached hydrogens (primary N) is 1. The number of halogens is 5. The monoisotopic (exact) mass is 474 g/mol. The summed E-state index contributed by atoms with van der Waals surface area (Å²) in [5.74, 6) is -8.34. The number of anilines is 1. The maximum atomic E-state index is 14.4. The highest BCUT2D eigenvalue weighted by atomic mass is 19.4. The van der Waals surface area contributed by atoms with E-state index in [2.05, 4.69) is 10.3 Å². The van der Waals surface area contributed by atoms with Crippen molar-refractivity contribution >= 4 is 17.5 Å². The van der Waals surface area contributed by atoms with Gasteiger partial charge in [0, 0.05) is 29.3 Å². The van der Waals surface area contributed by atoms with Gasteiger partial charge in [-0.2, -0.15) is 17.6 Å². The van der Waals surface area contributed by atoms with Crippen molar-refractivity contribution in [2.75, 3.05) is 12.4 Å². The largest absolute Gasteiger partial charge is 0.493 e. The lowest BCUT2D eigenvalue weighted by Crippen LogP contribution is -2.47. The number of pyridine rings is 1. The molecular weight excluding hydrogens is 453 g/mol. The van der Waals surface area contributed by atoms with Crippen LogP contribution in [-0.2, 0) is 9.53 Å². The van der Waals surface area contributed by atoms with E-state index in [-0.39, 0.29) is 23.0 Å². The van der Waals surface area contributed by atoms with Gasteiger partial charge in [-0.3, -0.25) is 14.6 Å². The highest BCUT2D eigenvalue weighted by Crippen LogP contribution is 2.55. The molecule has 0 saturated carbocycles. The quantitative estimate of drug-likeness (QED) is 0.646. The lowest BCUT2D eigenvalue weighted by atomic mass is 9.77. The molecule has 1 aliphatic rings. The molecule has 178 valence electrons. The van der Waals surface area contributed by atoms with Crippen molar-refractivity contribution in [2.24, 2.45) is 11.7 Å². The summed E-state index contributed by atoms with van der Waals surface area (Å²) < 4.78 is 88.0. The lowest BCUT2D eigenvalue weighted by molar-refractivity contribution is -0.272. The Hall–Kier alpha value is -3.28. The molecule has 33 heavy (non-hydrogen) atoms. The molecule has 1 aliphatic heterocycles. The van der Waals surface area contributed by atoms with Crippen LogP contribution in [0.3, 0.4) is 0 Å². The Morgan fingerprint density at radius 1 is 1.33 bits per heavy atom. The summed E-state index contributed by atoms with van der Waals surface area (Å²) in [5, 5.41) is 2.25. The molecule has 1 saturated heterocycles.